The van der Waals surface area contributed by atoms with Crippen LogP contribution in [0, 0.1) is 28.6 Å². The van der Waals surface area contributed by atoms with Crippen LogP contribution < -0.4 is 0 Å². The van der Waals surface area contributed by atoms with Gasteiger partial charge in [-0.05, 0) is 226 Å². The molecule has 0 aliphatic heterocycles. The first-order chi connectivity index (χ1) is 40.8. The molecule has 6 aliphatic carbocycles. The van der Waals surface area contributed by atoms with E-state index in [1.54, 1.807) is 0 Å². The van der Waals surface area contributed by atoms with Crippen LogP contribution in [-0.2, 0) is 41.5 Å². The fourth-order valence-corrected chi connectivity index (χ4v) is 18.8. The Labute approximate surface area is 554 Å². The van der Waals surface area contributed by atoms with Gasteiger partial charge >= 0.3 is 11.9 Å². The maximum Gasteiger partial charge on any atom is 0.332 e. The summed E-state index contributed by atoms with van der Waals surface area (Å²) in [6.45, 7) is 72.4. The van der Waals surface area contributed by atoms with Gasteiger partial charge in [0.05, 0.1) is 36.6 Å². The van der Waals surface area contributed by atoms with Crippen molar-refractivity contribution in [3.63, 3.8) is 0 Å². The summed E-state index contributed by atoms with van der Waals surface area (Å²) < 4.78 is 45.8. The van der Waals surface area contributed by atoms with Crippen molar-refractivity contribution in [3.8, 4) is 0 Å². The normalized spacial score (nSPS) is 29.4. The number of carbonyl (C=O) groups is 2. The number of aliphatic carboxylic acids is 1. The van der Waals surface area contributed by atoms with Gasteiger partial charge in [-0.25, -0.2) is 9.59 Å². The lowest BCUT2D eigenvalue weighted by Gasteiger charge is -2.45. The standard InChI is InChI=1S/C41H72O5Si2.C35H60O5Si2/c1-28(2)40(11,12)44-37(42)27-43-30(4)34-22-23-35-31(19-18-24-41(34,35)13)20-21-32-25-33(45-47(14,15)38(5,6)7)26-36(29(32)3)46-48(16,17)39(8,9)10;1-24-27(17-16-26-15-14-20-35(9)29(18-19-30(26)35)25(2)38-23-32(36)37)21-28(39-41(10,11)33(3,4)5)22-31(24)40-42(12,13)34(6,7)8/h20-22,28,30,33,35-36H,3,18-19,23-27H2,1-2,4-17H3;16-18,25,28,30-31H,1,14-15,19-23H2,2-13H3,(H,36,37)/t30-,33+,35-,36-,41+;25-,28+,30?,31-,35+/m00/s1. The van der Waals surface area contributed by atoms with Gasteiger partial charge in [0, 0.05) is 12.8 Å². The van der Waals surface area contributed by atoms with E-state index in [9.17, 15) is 9.59 Å². The molecule has 0 amide bonds. The number of carbonyl (C=O) groups excluding carboxylic acids is 1. The molecule has 6 rings (SSSR count). The van der Waals surface area contributed by atoms with Crippen LogP contribution in [0.3, 0.4) is 0 Å². The molecule has 14 heteroatoms. The summed E-state index contributed by atoms with van der Waals surface area (Å²) in [4.78, 5) is 23.8. The molecule has 0 heterocycles. The minimum absolute atomic E-state index is 0.00599. The molecule has 0 aromatic rings. The zero-order valence-corrected chi connectivity index (χ0v) is 66.6. The Morgan fingerprint density at radius 3 is 1.21 bits per heavy atom. The van der Waals surface area contributed by atoms with Gasteiger partial charge in [0.1, 0.15) is 18.8 Å². The van der Waals surface area contributed by atoms with E-state index in [1.807, 2.05) is 20.8 Å². The van der Waals surface area contributed by atoms with E-state index in [-0.39, 0.29) is 92.7 Å². The van der Waals surface area contributed by atoms with Gasteiger partial charge in [0.15, 0.2) is 33.3 Å². The Balaban J connectivity index is 0.000000330. The highest BCUT2D eigenvalue weighted by Gasteiger charge is 2.50. The highest BCUT2D eigenvalue weighted by molar-refractivity contribution is 6.75. The molecule has 0 aromatic carbocycles. The number of carboxylic acid groups (broad SMARTS) is 1. The Bertz CT molecular complexity index is 2760. The van der Waals surface area contributed by atoms with Crippen molar-refractivity contribution in [3.05, 3.63) is 94.2 Å². The number of esters is 1. The van der Waals surface area contributed by atoms with E-state index in [0.29, 0.717) is 11.8 Å². The molecule has 0 spiro atoms. The minimum Gasteiger partial charge on any atom is -0.480 e. The molecule has 0 saturated heterocycles. The highest BCUT2D eigenvalue weighted by atomic mass is 28.4. The minimum atomic E-state index is -2.02. The topological polar surface area (TPSA) is 119 Å². The van der Waals surface area contributed by atoms with E-state index in [0.717, 1.165) is 88.2 Å². The molecule has 1 N–H and O–H groups in total. The van der Waals surface area contributed by atoms with Crippen molar-refractivity contribution >= 4 is 45.2 Å². The maximum atomic E-state index is 12.7. The fraction of sp³-hybridized carbons (Fsp3) is 0.763. The van der Waals surface area contributed by atoms with E-state index < -0.39 is 44.8 Å². The summed E-state index contributed by atoms with van der Waals surface area (Å²) in [5.41, 5.74) is 9.88. The predicted molar refractivity (Wildman–Crippen MR) is 387 cm³/mol. The second-order valence-electron chi connectivity index (χ2n) is 35.5. The Morgan fingerprint density at radius 2 is 0.889 bits per heavy atom. The summed E-state index contributed by atoms with van der Waals surface area (Å²) in [5, 5.41) is 9.66. The van der Waals surface area contributed by atoms with Crippen LogP contribution in [0.4, 0.5) is 0 Å². The second-order valence-corrected chi connectivity index (χ2v) is 54.5. The number of rotatable bonds is 20. The van der Waals surface area contributed by atoms with E-state index in [2.05, 4.69) is 220 Å². The first-order valence-electron chi connectivity index (χ1n) is 34.8. The van der Waals surface area contributed by atoms with Crippen molar-refractivity contribution in [2.45, 2.75) is 330 Å². The molecule has 4 fully saturated rings. The molecule has 90 heavy (non-hydrogen) atoms. The van der Waals surface area contributed by atoms with E-state index in [4.69, 9.17) is 37.0 Å². The van der Waals surface area contributed by atoms with Gasteiger partial charge in [-0.15, -0.1) is 0 Å². The van der Waals surface area contributed by atoms with Crippen molar-refractivity contribution < 1.29 is 46.6 Å². The molecular weight excluding hydrogens is 1190 g/mol. The quantitative estimate of drug-likeness (QED) is 0.0717. The van der Waals surface area contributed by atoms with Crippen LogP contribution in [0.2, 0.25) is 72.5 Å². The van der Waals surface area contributed by atoms with Crippen LogP contribution >= 0.6 is 0 Å². The maximum absolute atomic E-state index is 12.7. The molecular formula is C76H132O10Si4. The van der Waals surface area contributed by atoms with Gasteiger partial charge in [0.25, 0.3) is 0 Å². The molecule has 1 unspecified atom stereocenters. The third kappa shape index (κ3) is 18.7. The molecule has 6 aliphatic rings. The molecule has 0 radical (unpaired) electrons. The fourth-order valence-electron chi connectivity index (χ4n) is 13.5. The van der Waals surface area contributed by atoms with Gasteiger partial charge in [-0.3, -0.25) is 0 Å². The highest BCUT2D eigenvalue weighted by Crippen LogP contribution is 2.58. The first kappa shape index (κ1) is 78.2. The number of allylic oxidation sites excluding steroid dienone is 8. The summed E-state index contributed by atoms with van der Waals surface area (Å²) in [6.07, 6.45) is 26.3. The van der Waals surface area contributed by atoms with Crippen molar-refractivity contribution in [2.24, 2.45) is 28.6 Å². The number of hydrogen-bond donors (Lipinski definition) is 1. The van der Waals surface area contributed by atoms with Gasteiger partial charge in [-0.1, -0.05) is 172 Å². The van der Waals surface area contributed by atoms with Crippen molar-refractivity contribution in [1.29, 1.82) is 0 Å². The molecule has 10 nitrogen and oxygen atoms in total. The average molecular weight is 1320 g/mol. The second kappa shape index (κ2) is 29.1. The van der Waals surface area contributed by atoms with Gasteiger partial charge in [0.2, 0.25) is 0 Å². The Morgan fingerprint density at radius 1 is 0.556 bits per heavy atom. The zero-order valence-electron chi connectivity index (χ0n) is 62.6. The summed E-state index contributed by atoms with van der Waals surface area (Å²) in [7, 11) is -7.95. The average Bonchev–Trinajstić information content (AvgIpc) is 1.57. The third-order valence-corrected chi connectivity index (χ3v) is 42.3. The summed E-state index contributed by atoms with van der Waals surface area (Å²) in [5.74, 6) is -0.125. The number of fused-ring (bicyclic) bond motifs is 2. The van der Waals surface area contributed by atoms with Crippen LogP contribution in [0.1, 0.15) is 216 Å². The lowest BCUT2D eigenvalue weighted by molar-refractivity contribution is -0.167. The number of ether oxygens (including phenoxy) is 3. The van der Waals surface area contributed by atoms with Crippen molar-refractivity contribution in [2.75, 3.05) is 13.2 Å². The van der Waals surface area contributed by atoms with Crippen LogP contribution in [-0.4, -0.2) is 106 Å². The number of hydrogen-bond acceptors (Lipinski definition) is 9. The lowest BCUT2D eigenvalue weighted by atomic mass is 9.63. The Kier molecular flexibility index (Phi) is 25.2. The third-order valence-electron chi connectivity index (χ3n) is 24.2. The SMILES string of the molecule is C=C1C(=CC=C2CCC[C@]3(C)C([C@H](C)OCC(=O)O)=CCC23)C[C@@H](O[Si](C)(C)C(C)(C)C)C[C@@H]1O[Si](C)(C)C(C)(C)C.C=C1C(=CC=C2CCC[C@]3(C)C([C@H](C)OCC(=O)OC(C)(C)C(C)C)=CC[C@@H]23)C[C@@H](O[Si](C)(C)C(C)(C)C)C[C@@H]1O[Si](C)(C)C(C)(C)C. The van der Waals surface area contributed by atoms with E-state index in [1.165, 1.54) is 33.4 Å². The zero-order chi connectivity index (χ0) is 68.6. The molecule has 4 saturated carbocycles. The van der Waals surface area contributed by atoms with E-state index >= 15 is 0 Å². The summed E-state index contributed by atoms with van der Waals surface area (Å²) >= 11 is 0. The predicted octanol–water partition coefficient (Wildman–Crippen LogP) is 21.1. The first-order valence-corrected chi connectivity index (χ1v) is 46.4. The van der Waals surface area contributed by atoms with Gasteiger partial charge in [-0.2, -0.15) is 0 Å². The monoisotopic (exact) mass is 1320 g/mol. The van der Waals surface area contributed by atoms with Crippen LogP contribution in [0.5, 0.6) is 0 Å². The molecule has 0 bridgehead atoms. The Hall–Kier alpha value is -2.51. The molecule has 0 aromatic heterocycles. The largest absolute Gasteiger partial charge is 0.480 e. The molecule has 512 valence electrons. The molecule has 10 atom stereocenters. The van der Waals surface area contributed by atoms with Crippen LogP contribution in [0.25, 0.3) is 0 Å². The summed E-state index contributed by atoms with van der Waals surface area (Å²) in [6, 6.07) is 0. The van der Waals surface area contributed by atoms with Crippen molar-refractivity contribution in [1.82, 2.24) is 0 Å². The van der Waals surface area contributed by atoms with Crippen LogP contribution in [0.15, 0.2) is 94.2 Å². The lowest BCUT2D eigenvalue weighted by Crippen LogP contribution is -2.49. The number of carboxylic acids is 1. The van der Waals surface area contributed by atoms with Gasteiger partial charge < -0.3 is 37.0 Å². The smallest absolute Gasteiger partial charge is 0.332 e.